The van der Waals surface area contributed by atoms with E-state index in [2.05, 4.69) is 27.7 Å². The maximum atomic E-state index is 13.1. The van der Waals surface area contributed by atoms with E-state index in [1.165, 1.54) is 7.11 Å². The third-order valence-electron chi connectivity index (χ3n) is 4.93. The highest BCUT2D eigenvalue weighted by molar-refractivity contribution is 6.11. The summed E-state index contributed by atoms with van der Waals surface area (Å²) < 4.78 is 4.72. The van der Waals surface area contributed by atoms with Crippen LogP contribution in [0.3, 0.4) is 0 Å². The maximum absolute atomic E-state index is 13.1. The second kappa shape index (κ2) is 8.05. The van der Waals surface area contributed by atoms with E-state index in [0.717, 1.165) is 28.2 Å². The molecule has 1 aliphatic rings. The van der Waals surface area contributed by atoms with Crippen LogP contribution in [0.4, 0.5) is 0 Å². The number of allylic oxidation sites excluding steroid dienone is 1. The van der Waals surface area contributed by atoms with Crippen LogP contribution in [0.5, 0.6) is 0 Å². The zero-order valence-corrected chi connectivity index (χ0v) is 17.1. The average molecular weight is 378 g/mol. The summed E-state index contributed by atoms with van der Waals surface area (Å²) in [5.41, 5.74) is 5.26. The fourth-order valence-electron chi connectivity index (χ4n) is 3.39. The zero-order chi connectivity index (χ0) is 20.4. The van der Waals surface area contributed by atoms with E-state index in [1.54, 1.807) is 12.1 Å². The van der Waals surface area contributed by atoms with Gasteiger partial charge in [0.1, 0.15) is 5.69 Å². The van der Waals surface area contributed by atoms with Crippen molar-refractivity contribution in [2.24, 2.45) is 0 Å². The fraction of sp³-hybridized carbons (Fsp3) is 0.391. The number of rotatable bonds is 4. The molecule has 0 bridgehead atoms. The largest absolute Gasteiger partial charge is 0.465 e. The molecule has 5 heteroatoms. The third kappa shape index (κ3) is 3.88. The van der Waals surface area contributed by atoms with Gasteiger partial charge >= 0.3 is 5.97 Å². The van der Waals surface area contributed by atoms with Gasteiger partial charge in [-0.15, -0.1) is 0 Å². The summed E-state index contributed by atoms with van der Waals surface area (Å²) in [5.74, 6) is 0.0566. The minimum absolute atomic E-state index is 0.0528. The minimum Gasteiger partial charge on any atom is -0.465 e. The lowest BCUT2D eigenvalue weighted by Crippen LogP contribution is -2.21. The number of methoxy groups -OCH3 is 1. The minimum atomic E-state index is -0.376. The quantitative estimate of drug-likeness (QED) is 0.569. The Morgan fingerprint density at radius 3 is 2.18 bits per heavy atom. The van der Waals surface area contributed by atoms with Crippen molar-refractivity contribution >= 4 is 17.8 Å². The molecule has 1 aromatic carbocycles. The maximum Gasteiger partial charge on any atom is 0.337 e. The molecule has 1 aliphatic carbocycles. The monoisotopic (exact) mass is 378 g/mol. The molecule has 0 saturated heterocycles. The van der Waals surface area contributed by atoms with Gasteiger partial charge in [-0.2, -0.15) is 0 Å². The van der Waals surface area contributed by atoms with Gasteiger partial charge in [0.2, 0.25) is 5.78 Å². The number of hydrogen-bond acceptors (Lipinski definition) is 5. The number of aromatic nitrogens is 2. The van der Waals surface area contributed by atoms with Crippen LogP contribution in [0, 0.1) is 0 Å². The molecule has 3 rings (SSSR count). The Bertz CT molecular complexity index is 941. The highest BCUT2D eigenvalue weighted by Gasteiger charge is 2.27. The standard InChI is InChI=1S/C23H26N2O3/c1-13(2)19-20(14(3)4)25-21-18(24-19)11-10-17(22(21)26)12-15-6-8-16(9-7-15)23(27)28-5/h6-9,12-14H,10-11H2,1-5H3/b17-12+. The summed E-state index contributed by atoms with van der Waals surface area (Å²) in [6, 6.07) is 7.03. The molecular formula is C23H26N2O3. The highest BCUT2D eigenvalue weighted by Crippen LogP contribution is 2.30. The fourth-order valence-corrected chi connectivity index (χ4v) is 3.39. The number of esters is 1. The van der Waals surface area contributed by atoms with E-state index in [1.807, 2.05) is 18.2 Å². The van der Waals surface area contributed by atoms with Gasteiger partial charge < -0.3 is 4.74 Å². The van der Waals surface area contributed by atoms with Crippen LogP contribution in [0.25, 0.3) is 6.08 Å². The first kappa shape index (κ1) is 19.9. The number of fused-ring (bicyclic) bond motifs is 1. The first-order chi connectivity index (χ1) is 13.3. The van der Waals surface area contributed by atoms with Gasteiger partial charge in [0, 0.05) is 5.57 Å². The van der Waals surface area contributed by atoms with Crippen LogP contribution >= 0.6 is 0 Å². The lowest BCUT2D eigenvalue weighted by molar-refractivity contribution is 0.0600. The van der Waals surface area contributed by atoms with Crippen LogP contribution in [0.2, 0.25) is 0 Å². The summed E-state index contributed by atoms with van der Waals surface area (Å²) in [4.78, 5) is 34.2. The van der Waals surface area contributed by atoms with Crippen molar-refractivity contribution in [2.75, 3.05) is 7.11 Å². The highest BCUT2D eigenvalue weighted by atomic mass is 16.5. The molecule has 0 radical (unpaired) electrons. The summed E-state index contributed by atoms with van der Waals surface area (Å²) in [5, 5.41) is 0. The van der Waals surface area contributed by atoms with E-state index >= 15 is 0 Å². The Hall–Kier alpha value is -2.82. The molecule has 0 aliphatic heterocycles. The molecule has 0 atom stereocenters. The first-order valence-electron chi connectivity index (χ1n) is 9.66. The second-order valence-corrected chi connectivity index (χ2v) is 7.71. The summed E-state index contributed by atoms with van der Waals surface area (Å²) in [7, 11) is 1.35. The summed E-state index contributed by atoms with van der Waals surface area (Å²) in [6.07, 6.45) is 3.22. The molecule has 28 heavy (non-hydrogen) atoms. The van der Waals surface area contributed by atoms with Crippen molar-refractivity contribution in [3.05, 3.63) is 63.7 Å². The lowest BCUT2D eigenvalue weighted by atomic mass is 9.90. The number of ketones is 1. The predicted octanol–water partition coefficient (Wildman–Crippen LogP) is 4.72. The molecule has 0 spiro atoms. The zero-order valence-electron chi connectivity index (χ0n) is 17.1. The van der Waals surface area contributed by atoms with Crippen molar-refractivity contribution < 1.29 is 14.3 Å². The predicted molar refractivity (Wildman–Crippen MR) is 109 cm³/mol. The van der Waals surface area contributed by atoms with Crippen LogP contribution in [-0.2, 0) is 11.2 Å². The van der Waals surface area contributed by atoms with Gasteiger partial charge in [0.05, 0.1) is 29.8 Å². The molecule has 1 aromatic heterocycles. The number of nitrogens with zero attached hydrogens (tertiary/aromatic N) is 2. The van der Waals surface area contributed by atoms with Crippen LogP contribution < -0.4 is 0 Å². The number of Topliss-reactive ketones (excluding diaryl/α,β-unsaturated/α-hetero) is 1. The average Bonchev–Trinajstić information content (AvgIpc) is 2.69. The van der Waals surface area contributed by atoms with Gasteiger partial charge in [0.25, 0.3) is 0 Å². The Balaban J connectivity index is 1.95. The summed E-state index contributed by atoms with van der Waals surface area (Å²) in [6.45, 7) is 8.37. The summed E-state index contributed by atoms with van der Waals surface area (Å²) >= 11 is 0. The topological polar surface area (TPSA) is 69.2 Å². The van der Waals surface area contributed by atoms with Gasteiger partial charge in [-0.3, -0.25) is 9.78 Å². The molecule has 1 heterocycles. The first-order valence-corrected chi connectivity index (χ1v) is 9.66. The molecule has 0 amide bonds. The van der Waals surface area contributed by atoms with Crippen molar-refractivity contribution in [1.29, 1.82) is 0 Å². The van der Waals surface area contributed by atoms with Crippen LogP contribution in [0.1, 0.15) is 89.4 Å². The Kier molecular flexibility index (Phi) is 5.73. The van der Waals surface area contributed by atoms with Gasteiger partial charge in [-0.25, -0.2) is 9.78 Å². The molecular weight excluding hydrogens is 352 g/mol. The van der Waals surface area contributed by atoms with E-state index in [4.69, 9.17) is 14.7 Å². The number of carbonyl (C=O) groups excluding carboxylic acids is 2. The van der Waals surface area contributed by atoms with Crippen LogP contribution in [-0.4, -0.2) is 28.8 Å². The number of carbonyl (C=O) groups is 2. The molecule has 5 nitrogen and oxygen atoms in total. The number of ether oxygens (including phenoxy) is 1. The van der Waals surface area contributed by atoms with E-state index in [0.29, 0.717) is 24.1 Å². The molecule has 0 saturated carbocycles. The molecule has 0 fully saturated rings. The van der Waals surface area contributed by atoms with E-state index < -0.39 is 0 Å². The molecule has 0 N–H and O–H groups in total. The van der Waals surface area contributed by atoms with Crippen molar-refractivity contribution in [3.63, 3.8) is 0 Å². The third-order valence-corrected chi connectivity index (χ3v) is 4.93. The van der Waals surface area contributed by atoms with Crippen LogP contribution in [0.15, 0.2) is 29.8 Å². The number of aryl methyl sites for hydroxylation is 1. The normalized spacial score (nSPS) is 15.2. The Morgan fingerprint density at radius 2 is 1.61 bits per heavy atom. The van der Waals surface area contributed by atoms with Gasteiger partial charge in [0.15, 0.2) is 0 Å². The van der Waals surface area contributed by atoms with Gasteiger partial charge in [-0.1, -0.05) is 39.8 Å². The van der Waals surface area contributed by atoms with Crippen molar-refractivity contribution in [2.45, 2.75) is 52.4 Å². The smallest absolute Gasteiger partial charge is 0.337 e. The Morgan fingerprint density at radius 1 is 1.00 bits per heavy atom. The van der Waals surface area contributed by atoms with Crippen molar-refractivity contribution in [1.82, 2.24) is 9.97 Å². The Labute approximate surface area is 165 Å². The molecule has 0 unspecified atom stereocenters. The van der Waals surface area contributed by atoms with E-state index in [9.17, 15) is 9.59 Å². The number of benzene rings is 1. The number of hydrogen-bond donors (Lipinski definition) is 0. The second-order valence-electron chi connectivity index (χ2n) is 7.71. The van der Waals surface area contributed by atoms with Gasteiger partial charge in [-0.05, 0) is 48.4 Å². The lowest BCUT2D eigenvalue weighted by Gasteiger charge is -2.21. The van der Waals surface area contributed by atoms with Crippen molar-refractivity contribution in [3.8, 4) is 0 Å². The molecule has 2 aromatic rings. The SMILES string of the molecule is COC(=O)c1ccc(/C=C2\CCc3nc(C(C)C)c(C(C)C)nc3C2=O)cc1. The van der Waals surface area contributed by atoms with E-state index in [-0.39, 0.29) is 23.6 Å². The molecule has 146 valence electrons.